The summed E-state index contributed by atoms with van der Waals surface area (Å²) in [5, 5.41) is 0. The van der Waals surface area contributed by atoms with Gasteiger partial charge in [-0.1, -0.05) is 6.07 Å². The Morgan fingerprint density at radius 3 is 3.05 bits per heavy atom. The molecule has 1 atom stereocenters. The van der Waals surface area contributed by atoms with Crippen molar-refractivity contribution in [3.05, 3.63) is 30.1 Å². The third-order valence-electron chi connectivity index (χ3n) is 4.04. The lowest BCUT2D eigenvalue weighted by Gasteiger charge is -2.21. The predicted octanol–water partition coefficient (Wildman–Crippen LogP) is 1.53. The van der Waals surface area contributed by atoms with Gasteiger partial charge in [-0.2, -0.15) is 0 Å². The molecule has 2 aromatic heterocycles. The van der Waals surface area contributed by atoms with Gasteiger partial charge in [0.1, 0.15) is 11.3 Å². The predicted molar refractivity (Wildman–Crippen MR) is 79.5 cm³/mol. The number of nitrogens with zero attached hydrogens (tertiary/aromatic N) is 4. The van der Waals surface area contributed by atoms with Gasteiger partial charge < -0.3 is 9.80 Å². The van der Waals surface area contributed by atoms with Crippen LogP contribution in [0.4, 0.5) is 5.82 Å². The summed E-state index contributed by atoms with van der Waals surface area (Å²) in [4.78, 5) is 20.5. The summed E-state index contributed by atoms with van der Waals surface area (Å²) in [5.41, 5.74) is 1.45. The average Bonchev–Trinajstić information content (AvgIpc) is 3.01. The summed E-state index contributed by atoms with van der Waals surface area (Å²) < 4.78 is 1.85. The van der Waals surface area contributed by atoms with E-state index < -0.39 is 0 Å². The van der Waals surface area contributed by atoms with E-state index in [2.05, 4.69) is 21.8 Å². The molecular formula is C15H20N4O. The molecule has 1 aliphatic heterocycles. The van der Waals surface area contributed by atoms with E-state index in [1.165, 1.54) is 6.42 Å². The van der Waals surface area contributed by atoms with Gasteiger partial charge in [0.2, 0.25) is 0 Å². The van der Waals surface area contributed by atoms with E-state index in [4.69, 9.17) is 0 Å². The molecule has 1 saturated heterocycles. The zero-order valence-electron chi connectivity index (χ0n) is 12.0. The van der Waals surface area contributed by atoms with Crippen LogP contribution in [-0.4, -0.2) is 54.3 Å². The van der Waals surface area contributed by atoms with E-state index in [0.29, 0.717) is 11.6 Å². The first-order valence-corrected chi connectivity index (χ1v) is 7.01. The second-order valence-electron chi connectivity index (χ2n) is 5.66. The zero-order valence-corrected chi connectivity index (χ0v) is 12.0. The van der Waals surface area contributed by atoms with Crippen LogP contribution in [0.1, 0.15) is 16.9 Å². The number of hydrogen-bond donors (Lipinski definition) is 0. The van der Waals surface area contributed by atoms with Crippen LogP contribution in [0.25, 0.3) is 5.65 Å². The summed E-state index contributed by atoms with van der Waals surface area (Å²) in [6.45, 7) is 3.22. The van der Waals surface area contributed by atoms with Crippen LogP contribution in [0.15, 0.2) is 24.4 Å². The topological polar surface area (TPSA) is 40.9 Å². The molecule has 0 aliphatic carbocycles. The molecule has 5 nitrogen and oxygen atoms in total. The van der Waals surface area contributed by atoms with Crippen molar-refractivity contribution >= 4 is 17.8 Å². The number of carbonyl (C=O) groups excluding carboxylic acids is 1. The van der Waals surface area contributed by atoms with Gasteiger partial charge in [0, 0.05) is 26.3 Å². The van der Waals surface area contributed by atoms with Gasteiger partial charge in [0.05, 0.1) is 0 Å². The maximum atomic E-state index is 11.4. The minimum Gasteiger partial charge on any atom is -0.357 e. The molecule has 3 heterocycles. The van der Waals surface area contributed by atoms with Crippen LogP contribution in [0, 0.1) is 5.92 Å². The van der Waals surface area contributed by atoms with Crippen molar-refractivity contribution in [2.45, 2.75) is 6.42 Å². The Morgan fingerprint density at radius 2 is 2.35 bits per heavy atom. The monoisotopic (exact) mass is 272 g/mol. The maximum absolute atomic E-state index is 11.4. The first-order chi connectivity index (χ1) is 9.69. The Labute approximate surface area is 118 Å². The fraction of sp³-hybridized carbons (Fsp3) is 0.467. The van der Waals surface area contributed by atoms with E-state index in [-0.39, 0.29) is 0 Å². The molecule has 1 aliphatic rings. The quantitative estimate of drug-likeness (QED) is 0.792. The number of carbonyl (C=O) groups is 1. The van der Waals surface area contributed by atoms with Gasteiger partial charge in [0.25, 0.3) is 0 Å². The second-order valence-corrected chi connectivity index (χ2v) is 5.66. The zero-order chi connectivity index (χ0) is 14.1. The van der Waals surface area contributed by atoms with Gasteiger partial charge in [-0.3, -0.25) is 9.20 Å². The largest absolute Gasteiger partial charge is 0.357 e. The number of fused-ring (bicyclic) bond motifs is 1. The van der Waals surface area contributed by atoms with E-state index in [9.17, 15) is 4.79 Å². The van der Waals surface area contributed by atoms with Crippen LogP contribution in [-0.2, 0) is 0 Å². The third kappa shape index (κ3) is 2.29. The molecule has 1 fully saturated rings. The summed E-state index contributed by atoms with van der Waals surface area (Å²) in [6, 6.07) is 5.78. The number of aldehydes is 1. The first-order valence-electron chi connectivity index (χ1n) is 7.01. The van der Waals surface area contributed by atoms with Crippen molar-refractivity contribution < 1.29 is 4.79 Å². The fourth-order valence-corrected chi connectivity index (χ4v) is 3.04. The van der Waals surface area contributed by atoms with Crippen LogP contribution >= 0.6 is 0 Å². The van der Waals surface area contributed by atoms with E-state index in [1.54, 1.807) is 0 Å². The van der Waals surface area contributed by atoms with Crippen LogP contribution < -0.4 is 4.90 Å². The van der Waals surface area contributed by atoms with E-state index in [1.807, 2.05) is 35.8 Å². The molecule has 0 bridgehead atoms. The first kappa shape index (κ1) is 13.1. The lowest BCUT2D eigenvalue weighted by molar-refractivity contribution is 0.111. The molecule has 5 heteroatoms. The number of aromatic nitrogens is 2. The minimum absolute atomic E-state index is 0.634. The smallest absolute Gasteiger partial charge is 0.170 e. The Bertz CT molecular complexity index is 621. The molecule has 0 N–H and O–H groups in total. The number of pyridine rings is 1. The van der Waals surface area contributed by atoms with Crippen LogP contribution in [0.2, 0.25) is 0 Å². The number of imidazole rings is 1. The Hall–Kier alpha value is -1.88. The van der Waals surface area contributed by atoms with Crippen molar-refractivity contribution in [2.24, 2.45) is 5.92 Å². The fourth-order valence-electron chi connectivity index (χ4n) is 3.04. The van der Waals surface area contributed by atoms with Crippen molar-refractivity contribution in [1.29, 1.82) is 0 Å². The molecule has 0 spiro atoms. The highest BCUT2D eigenvalue weighted by Crippen LogP contribution is 2.22. The van der Waals surface area contributed by atoms with Crippen molar-refractivity contribution in [3.63, 3.8) is 0 Å². The Morgan fingerprint density at radius 1 is 1.50 bits per heavy atom. The normalized spacial score (nSPS) is 19.6. The highest BCUT2D eigenvalue weighted by atomic mass is 16.1. The number of anilines is 1. The molecule has 0 amide bonds. The lowest BCUT2D eigenvalue weighted by Crippen LogP contribution is -2.28. The number of hydrogen-bond acceptors (Lipinski definition) is 4. The lowest BCUT2D eigenvalue weighted by atomic mass is 10.1. The molecule has 20 heavy (non-hydrogen) atoms. The van der Waals surface area contributed by atoms with Gasteiger partial charge in [0.15, 0.2) is 12.1 Å². The molecule has 1 unspecified atom stereocenters. The van der Waals surface area contributed by atoms with Crippen LogP contribution in [0.5, 0.6) is 0 Å². The summed E-state index contributed by atoms with van der Waals surface area (Å²) in [7, 11) is 4.18. The van der Waals surface area contributed by atoms with Gasteiger partial charge in [-0.15, -0.1) is 0 Å². The Kier molecular flexibility index (Phi) is 3.44. The molecule has 3 rings (SSSR count). The van der Waals surface area contributed by atoms with Gasteiger partial charge in [-0.05, 0) is 38.1 Å². The summed E-state index contributed by atoms with van der Waals surface area (Å²) >= 11 is 0. The van der Waals surface area contributed by atoms with Gasteiger partial charge >= 0.3 is 0 Å². The van der Waals surface area contributed by atoms with Crippen molar-refractivity contribution in [2.75, 3.05) is 38.6 Å². The molecule has 0 radical (unpaired) electrons. The molecule has 0 aromatic carbocycles. The standard InChI is InChI=1S/C15H20N4O/c1-17-8-6-12(9-17)10-18(2)15-13(11-20)19-7-4-3-5-14(19)16-15/h3-5,7,11-12H,6,8-10H2,1-2H3. The minimum atomic E-state index is 0.634. The maximum Gasteiger partial charge on any atom is 0.170 e. The Balaban J connectivity index is 1.87. The second kappa shape index (κ2) is 5.25. The SMILES string of the molecule is CN1CCC(CN(C)c2nc3ccccn3c2C=O)C1. The van der Waals surface area contributed by atoms with E-state index >= 15 is 0 Å². The summed E-state index contributed by atoms with van der Waals surface area (Å²) in [6.07, 6.45) is 3.99. The van der Waals surface area contributed by atoms with Crippen molar-refractivity contribution in [3.8, 4) is 0 Å². The van der Waals surface area contributed by atoms with E-state index in [0.717, 1.165) is 37.4 Å². The number of rotatable bonds is 4. The third-order valence-corrected chi connectivity index (χ3v) is 4.04. The van der Waals surface area contributed by atoms with Crippen LogP contribution in [0.3, 0.4) is 0 Å². The molecule has 2 aromatic rings. The molecule has 0 saturated carbocycles. The average molecular weight is 272 g/mol. The van der Waals surface area contributed by atoms with Crippen molar-refractivity contribution in [1.82, 2.24) is 14.3 Å². The van der Waals surface area contributed by atoms with Gasteiger partial charge in [-0.25, -0.2) is 4.98 Å². The molecular weight excluding hydrogens is 252 g/mol. The highest BCUT2D eigenvalue weighted by Gasteiger charge is 2.23. The summed E-state index contributed by atoms with van der Waals surface area (Å²) in [5.74, 6) is 1.43. The highest BCUT2D eigenvalue weighted by molar-refractivity contribution is 5.83. The molecule has 106 valence electrons. The number of likely N-dealkylation sites (tertiary alicyclic amines) is 1.